The number of aryl methyl sites for hydroxylation is 2. The summed E-state index contributed by atoms with van der Waals surface area (Å²) in [6.07, 6.45) is 1.74. The molecule has 2 heterocycles. The van der Waals surface area contributed by atoms with Gasteiger partial charge < -0.3 is 25.4 Å². The van der Waals surface area contributed by atoms with Crippen molar-refractivity contribution in [3.63, 3.8) is 0 Å². The molecule has 2 aromatic heterocycles. The summed E-state index contributed by atoms with van der Waals surface area (Å²) in [7, 11) is 3.09. The first-order valence-electron chi connectivity index (χ1n) is 9.77. The molecule has 0 fully saturated rings. The molecule has 162 valence electrons. The molecule has 1 aromatic carbocycles. The molecule has 0 saturated heterocycles. The Morgan fingerprint density at radius 1 is 0.903 bits per heavy atom. The normalized spacial score (nSPS) is 10.3. The fourth-order valence-corrected chi connectivity index (χ4v) is 2.87. The number of nitrogens with zero attached hydrogens (tertiary/aromatic N) is 3. The summed E-state index contributed by atoms with van der Waals surface area (Å²) in [6, 6.07) is 10.7. The van der Waals surface area contributed by atoms with Gasteiger partial charge in [-0.05, 0) is 43.7 Å². The standard InChI is InChI=1S/C22H26N6O3/c1-14-5-6-23-19(9-14)28-21-13-20(26-15(2)27-21)24-7-8-25-22(29)16-10-17(30-3)12-18(11-16)31-4/h5-6,9-13H,7-8H2,1-4H3,(H,25,29)(H2,23,24,26,27,28). The minimum absolute atomic E-state index is 0.217. The lowest BCUT2D eigenvalue weighted by molar-refractivity contribution is 0.0954. The smallest absolute Gasteiger partial charge is 0.251 e. The molecule has 3 rings (SSSR count). The van der Waals surface area contributed by atoms with E-state index in [-0.39, 0.29) is 5.91 Å². The van der Waals surface area contributed by atoms with Crippen molar-refractivity contribution in [2.75, 3.05) is 37.9 Å². The van der Waals surface area contributed by atoms with Crippen LogP contribution >= 0.6 is 0 Å². The Hall–Kier alpha value is -3.88. The molecule has 0 aliphatic carbocycles. The highest BCUT2D eigenvalue weighted by Crippen LogP contribution is 2.22. The molecular weight excluding hydrogens is 396 g/mol. The monoisotopic (exact) mass is 422 g/mol. The van der Waals surface area contributed by atoms with Crippen LogP contribution in [0.2, 0.25) is 0 Å². The van der Waals surface area contributed by atoms with Crippen molar-refractivity contribution in [1.29, 1.82) is 0 Å². The predicted molar refractivity (Wildman–Crippen MR) is 119 cm³/mol. The molecule has 1 amide bonds. The topological polar surface area (TPSA) is 110 Å². The number of nitrogens with one attached hydrogen (secondary N) is 3. The van der Waals surface area contributed by atoms with E-state index in [1.54, 1.807) is 44.7 Å². The Labute approximate surface area is 181 Å². The summed E-state index contributed by atoms with van der Waals surface area (Å²) in [5.74, 6) is 3.52. The van der Waals surface area contributed by atoms with Gasteiger partial charge in [0.05, 0.1) is 14.2 Å². The molecule has 0 unspecified atom stereocenters. The van der Waals surface area contributed by atoms with E-state index in [2.05, 4.69) is 30.9 Å². The van der Waals surface area contributed by atoms with E-state index in [1.165, 1.54) is 0 Å². The highest BCUT2D eigenvalue weighted by Gasteiger charge is 2.10. The molecule has 0 aliphatic heterocycles. The number of hydrogen-bond donors (Lipinski definition) is 3. The molecule has 9 nitrogen and oxygen atoms in total. The number of carbonyl (C=O) groups is 1. The minimum Gasteiger partial charge on any atom is -0.497 e. The maximum absolute atomic E-state index is 12.4. The van der Waals surface area contributed by atoms with Crippen LogP contribution in [-0.2, 0) is 0 Å². The number of rotatable bonds is 9. The fraction of sp³-hybridized carbons (Fsp3) is 0.273. The van der Waals surface area contributed by atoms with Crippen molar-refractivity contribution in [3.8, 4) is 11.5 Å². The van der Waals surface area contributed by atoms with Crippen molar-refractivity contribution in [3.05, 3.63) is 59.5 Å². The molecular formula is C22H26N6O3. The molecule has 3 N–H and O–H groups in total. The highest BCUT2D eigenvalue weighted by molar-refractivity contribution is 5.95. The number of pyridine rings is 1. The van der Waals surface area contributed by atoms with Crippen molar-refractivity contribution < 1.29 is 14.3 Å². The van der Waals surface area contributed by atoms with Crippen molar-refractivity contribution in [2.24, 2.45) is 0 Å². The molecule has 0 bridgehead atoms. The Morgan fingerprint density at radius 3 is 2.29 bits per heavy atom. The van der Waals surface area contributed by atoms with Gasteiger partial charge in [-0.1, -0.05) is 0 Å². The second-order valence-electron chi connectivity index (χ2n) is 6.81. The fourth-order valence-electron chi connectivity index (χ4n) is 2.87. The number of anilines is 3. The van der Waals surface area contributed by atoms with Crippen LogP contribution in [0.5, 0.6) is 11.5 Å². The van der Waals surface area contributed by atoms with Gasteiger partial charge in [0.2, 0.25) is 0 Å². The minimum atomic E-state index is -0.217. The number of amides is 1. The van der Waals surface area contributed by atoms with E-state index in [1.807, 2.05) is 26.0 Å². The Balaban J connectivity index is 1.56. The number of benzene rings is 1. The summed E-state index contributed by atoms with van der Waals surface area (Å²) in [4.78, 5) is 25.5. The van der Waals surface area contributed by atoms with Crippen LogP contribution < -0.4 is 25.4 Å². The largest absolute Gasteiger partial charge is 0.497 e. The first kappa shape index (κ1) is 21.8. The molecule has 3 aromatic rings. The van der Waals surface area contributed by atoms with Gasteiger partial charge in [0, 0.05) is 37.0 Å². The zero-order valence-electron chi connectivity index (χ0n) is 18.0. The lowest BCUT2D eigenvalue weighted by Gasteiger charge is -2.11. The number of methoxy groups -OCH3 is 2. The lowest BCUT2D eigenvalue weighted by atomic mass is 10.2. The quantitative estimate of drug-likeness (QED) is 0.451. The summed E-state index contributed by atoms with van der Waals surface area (Å²) < 4.78 is 10.4. The molecule has 0 spiro atoms. The van der Waals surface area contributed by atoms with E-state index < -0.39 is 0 Å². The Bertz CT molecular complexity index is 1030. The zero-order chi connectivity index (χ0) is 22.2. The van der Waals surface area contributed by atoms with Crippen LogP contribution in [0.3, 0.4) is 0 Å². The van der Waals surface area contributed by atoms with Gasteiger partial charge in [-0.25, -0.2) is 15.0 Å². The lowest BCUT2D eigenvalue weighted by Crippen LogP contribution is -2.29. The average molecular weight is 422 g/mol. The summed E-state index contributed by atoms with van der Waals surface area (Å²) >= 11 is 0. The second kappa shape index (κ2) is 10.2. The predicted octanol–water partition coefficient (Wildman–Crippen LogP) is 3.09. The van der Waals surface area contributed by atoms with E-state index in [4.69, 9.17) is 9.47 Å². The molecule has 0 aliphatic rings. The molecule has 31 heavy (non-hydrogen) atoms. The van der Waals surface area contributed by atoms with Gasteiger partial charge in [-0.2, -0.15) is 0 Å². The van der Waals surface area contributed by atoms with Crippen LogP contribution in [0.25, 0.3) is 0 Å². The van der Waals surface area contributed by atoms with E-state index in [0.29, 0.717) is 53.4 Å². The summed E-state index contributed by atoms with van der Waals surface area (Å²) in [5, 5.41) is 9.25. The van der Waals surface area contributed by atoms with Crippen LogP contribution in [0, 0.1) is 13.8 Å². The van der Waals surface area contributed by atoms with Crippen molar-refractivity contribution in [1.82, 2.24) is 20.3 Å². The van der Waals surface area contributed by atoms with Gasteiger partial charge in [0.1, 0.15) is 34.8 Å². The Morgan fingerprint density at radius 2 is 1.61 bits per heavy atom. The van der Waals surface area contributed by atoms with Gasteiger partial charge in [-0.3, -0.25) is 4.79 Å². The molecule has 0 saturated carbocycles. The Kier molecular flexibility index (Phi) is 7.21. The van der Waals surface area contributed by atoms with Crippen LogP contribution in [-0.4, -0.2) is 48.2 Å². The first-order valence-corrected chi connectivity index (χ1v) is 9.77. The number of aromatic nitrogens is 3. The maximum atomic E-state index is 12.4. The molecule has 0 atom stereocenters. The second-order valence-corrected chi connectivity index (χ2v) is 6.81. The van der Waals surface area contributed by atoms with Gasteiger partial charge in [-0.15, -0.1) is 0 Å². The number of hydrogen-bond acceptors (Lipinski definition) is 8. The zero-order valence-corrected chi connectivity index (χ0v) is 18.0. The summed E-state index contributed by atoms with van der Waals surface area (Å²) in [5.41, 5.74) is 1.57. The van der Waals surface area contributed by atoms with E-state index in [9.17, 15) is 4.79 Å². The average Bonchev–Trinajstić information content (AvgIpc) is 2.75. The van der Waals surface area contributed by atoms with Crippen molar-refractivity contribution in [2.45, 2.75) is 13.8 Å². The third-order valence-corrected chi connectivity index (χ3v) is 4.34. The van der Waals surface area contributed by atoms with Gasteiger partial charge in [0.25, 0.3) is 5.91 Å². The van der Waals surface area contributed by atoms with E-state index in [0.717, 1.165) is 5.56 Å². The van der Waals surface area contributed by atoms with Gasteiger partial charge >= 0.3 is 0 Å². The van der Waals surface area contributed by atoms with E-state index >= 15 is 0 Å². The number of ether oxygens (including phenoxy) is 2. The van der Waals surface area contributed by atoms with Crippen LogP contribution in [0.15, 0.2) is 42.6 Å². The number of carbonyl (C=O) groups excluding carboxylic acids is 1. The molecule has 0 radical (unpaired) electrons. The summed E-state index contributed by atoms with van der Waals surface area (Å²) in [6.45, 7) is 4.72. The van der Waals surface area contributed by atoms with Crippen LogP contribution in [0.4, 0.5) is 17.5 Å². The maximum Gasteiger partial charge on any atom is 0.251 e. The first-order chi connectivity index (χ1) is 15.0. The molecule has 9 heteroatoms. The highest BCUT2D eigenvalue weighted by atomic mass is 16.5. The van der Waals surface area contributed by atoms with Gasteiger partial charge in [0.15, 0.2) is 0 Å². The third kappa shape index (κ3) is 6.30. The SMILES string of the molecule is COc1cc(OC)cc(C(=O)NCCNc2cc(Nc3cc(C)ccn3)nc(C)n2)c1. The van der Waals surface area contributed by atoms with Crippen LogP contribution in [0.1, 0.15) is 21.7 Å². The van der Waals surface area contributed by atoms with Crippen molar-refractivity contribution >= 4 is 23.4 Å². The third-order valence-electron chi connectivity index (χ3n) is 4.34.